The van der Waals surface area contributed by atoms with Crippen LogP contribution < -0.4 is 10.1 Å². The van der Waals surface area contributed by atoms with E-state index in [1.165, 1.54) is 28.0 Å². The van der Waals surface area contributed by atoms with E-state index in [9.17, 15) is 12.8 Å². The van der Waals surface area contributed by atoms with Crippen molar-refractivity contribution in [3.05, 3.63) is 48.7 Å². The van der Waals surface area contributed by atoms with Crippen molar-refractivity contribution in [2.24, 2.45) is 0 Å². The Hall–Kier alpha value is -3.55. The average Bonchev–Trinajstić information content (AvgIpc) is 3.49. The Bertz CT molecular complexity index is 1450. The number of nitrogens with one attached hydrogen (secondary N) is 1. The molecule has 1 saturated heterocycles. The van der Waals surface area contributed by atoms with E-state index in [0.717, 1.165) is 0 Å². The first kappa shape index (κ1) is 22.3. The Morgan fingerprint density at radius 3 is 2.85 bits per heavy atom. The van der Waals surface area contributed by atoms with Crippen molar-refractivity contribution >= 4 is 22.0 Å². The predicted octanol–water partition coefficient (Wildman–Crippen LogP) is 2.10. The quantitative estimate of drug-likeness (QED) is 0.421. The van der Waals surface area contributed by atoms with Crippen molar-refractivity contribution in [3.8, 4) is 28.4 Å². The molecule has 0 amide bonds. The van der Waals surface area contributed by atoms with E-state index in [4.69, 9.17) is 9.15 Å². The minimum atomic E-state index is -3.40. The van der Waals surface area contributed by atoms with E-state index in [1.54, 1.807) is 42.0 Å². The largest absolute Gasteiger partial charge is 0.494 e. The van der Waals surface area contributed by atoms with Crippen molar-refractivity contribution in [1.29, 1.82) is 0 Å². The predicted molar refractivity (Wildman–Crippen MR) is 122 cm³/mol. The van der Waals surface area contributed by atoms with Crippen LogP contribution in [0.1, 0.15) is 0 Å². The van der Waals surface area contributed by atoms with Crippen molar-refractivity contribution in [1.82, 2.24) is 28.0 Å². The van der Waals surface area contributed by atoms with Gasteiger partial charge in [-0.05, 0) is 24.3 Å². The zero-order chi connectivity index (χ0) is 23.9. The number of imidazole rings is 1. The topological polar surface area (TPSA) is 118 Å². The van der Waals surface area contributed by atoms with Crippen LogP contribution in [0.25, 0.3) is 28.5 Å². The van der Waals surface area contributed by atoms with Gasteiger partial charge >= 0.3 is 5.84 Å². The molecular formula is C21H22FN7O4S. The lowest BCUT2D eigenvalue weighted by molar-refractivity contribution is 0.387. The highest BCUT2D eigenvalue weighted by atomic mass is 32.2. The molecule has 13 heteroatoms. The molecule has 0 aliphatic carbocycles. The van der Waals surface area contributed by atoms with Gasteiger partial charge in [0.15, 0.2) is 11.6 Å². The van der Waals surface area contributed by atoms with Gasteiger partial charge in [0, 0.05) is 51.2 Å². The molecule has 4 heterocycles. The second-order valence-electron chi connectivity index (χ2n) is 7.63. The Morgan fingerprint density at radius 2 is 2.09 bits per heavy atom. The van der Waals surface area contributed by atoms with Gasteiger partial charge in [-0.1, -0.05) is 0 Å². The molecule has 1 fully saturated rings. The number of aromatic nitrogens is 4. The summed E-state index contributed by atoms with van der Waals surface area (Å²) in [6, 6.07) is 6.22. The molecule has 0 spiro atoms. The summed E-state index contributed by atoms with van der Waals surface area (Å²) in [5.74, 6) is 0.310. The third kappa shape index (κ3) is 3.87. The molecule has 34 heavy (non-hydrogen) atoms. The molecule has 0 bridgehead atoms. The van der Waals surface area contributed by atoms with Gasteiger partial charge < -0.3 is 14.5 Å². The summed E-state index contributed by atoms with van der Waals surface area (Å²) in [5, 5.41) is 3.08. The van der Waals surface area contributed by atoms with Crippen molar-refractivity contribution in [2.45, 2.75) is 0 Å². The zero-order valence-corrected chi connectivity index (χ0v) is 19.3. The third-order valence-corrected chi connectivity index (χ3v) is 7.60. The summed E-state index contributed by atoms with van der Waals surface area (Å²) >= 11 is 0. The van der Waals surface area contributed by atoms with Crippen LogP contribution in [-0.4, -0.2) is 76.7 Å². The fourth-order valence-electron chi connectivity index (χ4n) is 3.81. The molecule has 0 saturated carbocycles. The van der Waals surface area contributed by atoms with Gasteiger partial charge in [-0.15, -0.1) is 0 Å². The molecule has 0 atom stereocenters. The molecule has 0 unspecified atom stereocenters. The van der Waals surface area contributed by atoms with Gasteiger partial charge in [0.25, 0.3) is 10.2 Å². The first-order valence-corrected chi connectivity index (χ1v) is 11.9. The number of fused-ring (bicyclic) bond motifs is 1. The van der Waals surface area contributed by atoms with Gasteiger partial charge in [0.1, 0.15) is 17.7 Å². The maximum Gasteiger partial charge on any atom is 0.306 e. The minimum Gasteiger partial charge on any atom is -0.494 e. The van der Waals surface area contributed by atoms with Crippen LogP contribution in [0.2, 0.25) is 0 Å². The maximum atomic E-state index is 14.0. The van der Waals surface area contributed by atoms with Crippen LogP contribution in [0.3, 0.4) is 0 Å². The Balaban J connectivity index is 1.44. The van der Waals surface area contributed by atoms with Gasteiger partial charge in [-0.2, -0.15) is 22.0 Å². The highest BCUT2D eigenvalue weighted by molar-refractivity contribution is 7.87. The molecule has 4 aromatic rings. The normalized spacial score (nSPS) is 16.3. The van der Waals surface area contributed by atoms with Crippen LogP contribution >= 0.6 is 0 Å². The van der Waals surface area contributed by atoms with Crippen LogP contribution in [0.4, 0.5) is 10.3 Å². The summed E-state index contributed by atoms with van der Waals surface area (Å²) in [5.41, 5.74) is 2.35. The Labute approximate surface area is 195 Å². The number of methoxy groups -OCH3 is 1. The number of ether oxygens (including phenoxy) is 1. The summed E-state index contributed by atoms with van der Waals surface area (Å²) < 4.78 is 53.5. The highest BCUT2D eigenvalue weighted by Crippen LogP contribution is 2.34. The second-order valence-corrected chi connectivity index (χ2v) is 9.67. The molecule has 1 N–H and O–H groups in total. The number of anilines is 1. The number of rotatable bonds is 7. The molecule has 1 aliphatic heterocycles. The van der Waals surface area contributed by atoms with E-state index < -0.39 is 16.0 Å². The summed E-state index contributed by atoms with van der Waals surface area (Å²) in [7, 11) is -0.440. The number of likely N-dealkylation sites (N-methyl/N-ethyl adjacent to an activating group) is 1. The molecular weight excluding hydrogens is 465 g/mol. The number of nitrogens with zero attached hydrogens (tertiary/aromatic N) is 6. The number of hydrogen-bond acceptors (Lipinski definition) is 8. The maximum absolute atomic E-state index is 14.0. The monoisotopic (exact) mass is 487 g/mol. The van der Waals surface area contributed by atoms with E-state index >= 15 is 0 Å². The lowest BCUT2D eigenvalue weighted by Gasteiger charge is -2.16. The number of halogens is 1. The highest BCUT2D eigenvalue weighted by Gasteiger charge is 2.33. The van der Waals surface area contributed by atoms with Crippen LogP contribution in [0.15, 0.2) is 47.3 Å². The van der Waals surface area contributed by atoms with Crippen LogP contribution in [-0.2, 0) is 10.2 Å². The van der Waals surface area contributed by atoms with E-state index in [2.05, 4.69) is 20.3 Å². The average molecular weight is 488 g/mol. The molecule has 1 aromatic carbocycles. The molecule has 178 valence electrons. The SMILES string of the molecule is COc1cc(-c2nc3occn3c2-c2ccnc(NCCN3CCN(C)S3(=O)=O)n2)ccc1F. The van der Waals surface area contributed by atoms with Crippen LogP contribution in [0, 0.1) is 5.82 Å². The summed E-state index contributed by atoms with van der Waals surface area (Å²) in [6.45, 7) is 1.54. The molecule has 1 aliphatic rings. The third-order valence-electron chi connectivity index (χ3n) is 5.61. The summed E-state index contributed by atoms with van der Waals surface area (Å²) in [4.78, 5) is 13.4. The second kappa shape index (κ2) is 8.66. The van der Waals surface area contributed by atoms with Gasteiger partial charge in [-0.3, -0.25) is 4.40 Å². The standard InChI is InChI=1S/C21H22FN7O4S/c1-27-9-10-28(34(27,30)31)8-7-24-20-23-6-5-16(25-20)19-18(26-21-29(19)11-12-33-21)14-3-4-15(22)17(13-14)32-2/h3-6,11-13H,7-10H2,1-2H3,(H,23,24,25). The molecule has 5 rings (SSSR count). The van der Waals surface area contributed by atoms with E-state index in [1.807, 2.05) is 0 Å². The lowest BCUT2D eigenvalue weighted by atomic mass is 10.1. The summed E-state index contributed by atoms with van der Waals surface area (Å²) in [6.07, 6.45) is 4.82. The van der Waals surface area contributed by atoms with Crippen molar-refractivity contribution < 1.29 is 22.0 Å². The Kier molecular flexibility index (Phi) is 5.67. The smallest absolute Gasteiger partial charge is 0.306 e. The van der Waals surface area contributed by atoms with Gasteiger partial charge in [0.2, 0.25) is 5.95 Å². The fraction of sp³-hybridized carbons (Fsp3) is 0.286. The Morgan fingerprint density at radius 1 is 1.24 bits per heavy atom. The van der Waals surface area contributed by atoms with Gasteiger partial charge in [0.05, 0.1) is 12.8 Å². The van der Waals surface area contributed by atoms with Gasteiger partial charge in [-0.25, -0.2) is 14.4 Å². The van der Waals surface area contributed by atoms with Crippen LogP contribution in [0.5, 0.6) is 5.75 Å². The number of hydrogen-bond donors (Lipinski definition) is 1. The lowest BCUT2D eigenvalue weighted by Crippen LogP contribution is -2.34. The fourth-order valence-corrected chi connectivity index (χ4v) is 5.16. The first-order valence-electron chi connectivity index (χ1n) is 10.5. The molecule has 11 nitrogen and oxygen atoms in total. The minimum absolute atomic E-state index is 0.0978. The first-order chi connectivity index (χ1) is 16.4. The molecule has 0 radical (unpaired) electrons. The van der Waals surface area contributed by atoms with E-state index in [0.29, 0.717) is 60.6 Å². The van der Waals surface area contributed by atoms with E-state index in [-0.39, 0.29) is 5.75 Å². The number of benzene rings is 1. The van der Waals surface area contributed by atoms with Crippen molar-refractivity contribution in [3.63, 3.8) is 0 Å². The zero-order valence-electron chi connectivity index (χ0n) is 18.5. The van der Waals surface area contributed by atoms with Crippen molar-refractivity contribution in [2.75, 3.05) is 45.7 Å². The number of oxazole rings is 1. The molecule has 3 aromatic heterocycles.